The highest BCUT2D eigenvalue weighted by molar-refractivity contribution is 6.99. The fourth-order valence-electron chi connectivity index (χ4n) is 5.90. The van der Waals surface area contributed by atoms with E-state index in [2.05, 4.69) is 137 Å². The minimum absolute atomic E-state index is 0.0307. The fraction of sp³-hybridized carbons (Fsp3) is 0.471. The van der Waals surface area contributed by atoms with Gasteiger partial charge >= 0.3 is 0 Å². The molecule has 0 aliphatic carbocycles. The van der Waals surface area contributed by atoms with Crippen molar-refractivity contribution in [3.63, 3.8) is 0 Å². The van der Waals surface area contributed by atoms with Crippen molar-refractivity contribution in [3.05, 3.63) is 96.6 Å². The molecule has 0 aromatic heterocycles. The number of hydrogen-bond donors (Lipinski definition) is 1. The van der Waals surface area contributed by atoms with Gasteiger partial charge in [-0.3, -0.25) is 4.90 Å². The lowest BCUT2D eigenvalue weighted by Gasteiger charge is -2.44. The highest BCUT2D eigenvalue weighted by Gasteiger charge is 2.50. The molecule has 4 nitrogen and oxygen atoms in total. The molecule has 0 unspecified atom stereocenters. The van der Waals surface area contributed by atoms with Gasteiger partial charge in [-0.1, -0.05) is 133 Å². The average molecular weight is 578 g/mol. The average Bonchev–Trinajstić information content (AvgIpc) is 2.98. The van der Waals surface area contributed by atoms with E-state index in [1.165, 1.54) is 15.9 Å². The Hall–Kier alpha value is -2.07. The molecule has 0 saturated carbocycles. The minimum Gasteiger partial charge on any atom is -0.416 e. The Bertz CT molecular complexity index is 1050. The molecule has 3 rings (SSSR count). The zero-order valence-electron chi connectivity index (χ0n) is 25.6. The topological polar surface area (TPSA) is 41.9 Å². The van der Waals surface area contributed by atoms with E-state index < -0.39 is 16.6 Å². The van der Waals surface area contributed by atoms with Crippen LogP contribution in [0.4, 0.5) is 0 Å². The molecule has 3 aromatic carbocycles. The van der Waals surface area contributed by atoms with E-state index >= 15 is 0 Å². The molecule has 40 heavy (non-hydrogen) atoms. The lowest BCUT2D eigenvalue weighted by molar-refractivity contribution is 0.0620. The van der Waals surface area contributed by atoms with Gasteiger partial charge in [0.1, 0.15) is 0 Å². The monoisotopic (exact) mass is 577 g/mol. The zero-order valence-corrected chi connectivity index (χ0v) is 27.6. The molecule has 6 heteroatoms. The van der Waals surface area contributed by atoms with Gasteiger partial charge in [-0.2, -0.15) is 0 Å². The maximum Gasteiger partial charge on any atom is 0.261 e. The van der Waals surface area contributed by atoms with Crippen molar-refractivity contribution in [2.45, 2.75) is 77.3 Å². The van der Waals surface area contributed by atoms with E-state index in [0.29, 0.717) is 13.2 Å². The number of aliphatic hydroxyl groups is 1. The first-order chi connectivity index (χ1) is 19.2. The number of hydrogen-bond acceptors (Lipinski definition) is 4. The van der Waals surface area contributed by atoms with Gasteiger partial charge in [-0.05, 0) is 39.1 Å². The highest BCUT2D eigenvalue weighted by atomic mass is 28.4. The van der Waals surface area contributed by atoms with E-state index in [9.17, 15) is 5.11 Å². The predicted octanol–water partition coefficient (Wildman–Crippen LogP) is 6.45. The summed E-state index contributed by atoms with van der Waals surface area (Å²) in [6, 6.07) is 35.3. The Kier molecular flexibility index (Phi) is 12.4. The number of aliphatic hydroxyl groups excluding tert-OH is 1. The van der Waals surface area contributed by atoms with Gasteiger partial charge in [0.2, 0.25) is 0 Å². The van der Waals surface area contributed by atoms with Crippen LogP contribution in [0.15, 0.2) is 91.0 Å². The summed E-state index contributed by atoms with van der Waals surface area (Å²) in [7, 11) is -4.40. The molecule has 0 heterocycles. The molecule has 218 valence electrons. The molecule has 0 radical (unpaired) electrons. The van der Waals surface area contributed by atoms with Crippen molar-refractivity contribution in [1.82, 2.24) is 4.90 Å². The lowest BCUT2D eigenvalue weighted by Crippen LogP contribution is -2.67. The quantitative estimate of drug-likeness (QED) is 0.199. The molecule has 1 N–H and O–H groups in total. The normalized spacial score (nSPS) is 13.5. The second-order valence-corrected chi connectivity index (χ2v) is 20.9. The van der Waals surface area contributed by atoms with E-state index in [-0.39, 0.29) is 17.7 Å². The van der Waals surface area contributed by atoms with Gasteiger partial charge in [-0.15, -0.1) is 0 Å². The Balaban J connectivity index is 1.93. The molecule has 0 aliphatic rings. The van der Waals surface area contributed by atoms with Gasteiger partial charge in [0.25, 0.3) is 8.32 Å². The number of benzene rings is 3. The molecule has 3 aromatic rings. The predicted molar refractivity (Wildman–Crippen MR) is 174 cm³/mol. The molecule has 0 bridgehead atoms. The summed E-state index contributed by atoms with van der Waals surface area (Å²) < 4.78 is 13.9. The molecular formula is C34H51NO3Si2. The van der Waals surface area contributed by atoms with Gasteiger partial charge in [-0.25, -0.2) is 0 Å². The first kappa shape index (κ1) is 32.4. The van der Waals surface area contributed by atoms with Gasteiger partial charge in [0.15, 0.2) is 8.32 Å². The summed E-state index contributed by atoms with van der Waals surface area (Å²) in [6.45, 7) is 16.4. The lowest BCUT2D eigenvalue weighted by atomic mass is 10.2. The first-order valence-electron chi connectivity index (χ1n) is 15.0. The summed E-state index contributed by atoms with van der Waals surface area (Å²) in [6.07, 6.45) is 0. The van der Waals surface area contributed by atoms with Crippen molar-refractivity contribution in [2.75, 3.05) is 26.4 Å². The van der Waals surface area contributed by atoms with Crippen molar-refractivity contribution < 1.29 is 14.0 Å². The van der Waals surface area contributed by atoms with Crippen molar-refractivity contribution in [2.24, 2.45) is 0 Å². The first-order valence-corrected chi connectivity index (χ1v) is 19.5. The Labute approximate surface area is 245 Å². The number of rotatable bonds is 16. The summed E-state index contributed by atoms with van der Waals surface area (Å²) in [4.78, 5) is 2.37. The summed E-state index contributed by atoms with van der Waals surface area (Å²) in [5.74, 6) is 0. The second-order valence-electron chi connectivity index (χ2n) is 11.9. The van der Waals surface area contributed by atoms with Gasteiger partial charge < -0.3 is 14.0 Å². The summed E-state index contributed by atoms with van der Waals surface area (Å²) >= 11 is 0. The van der Waals surface area contributed by atoms with Crippen LogP contribution in [0.25, 0.3) is 0 Å². The maximum atomic E-state index is 10.8. The third kappa shape index (κ3) is 7.81. The van der Waals surface area contributed by atoms with Crippen LogP contribution in [0.1, 0.15) is 47.1 Å². The van der Waals surface area contributed by atoms with Crippen LogP contribution in [0.2, 0.25) is 23.2 Å². The fourth-order valence-corrected chi connectivity index (χ4v) is 13.1. The Morgan fingerprint density at radius 1 is 0.725 bits per heavy atom. The van der Waals surface area contributed by atoms with Crippen molar-refractivity contribution in [3.8, 4) is 0 Å². The SMILES string of the molecule is CC[Si](CC)(CC)OCCN(Cc1ccccc1)[C@@H](CO)CO[Si](c1ccccc1)(c1ccccc1)C(C)(C)C. The van der Waals surface area contributed by atoms with Crippen LogP contribution in [0, 0.1) is 0 Å². The maximum absolute atomic E-state index is 10.8. The van der Waals surface area contributed by atoms with E-state index in [1.54, 1.807) is 0 Å². The van der Waals surface area contributed by atoms with Crippen molar-refractivity contribution >= 4 is 27.0 Å². The van der Waals surface area contributed by atoms with Crippen molar-refractivity contribution in [1.29, 1.82) is 0 Å². The molecule has 0 amide bonds. The molecule has 0 saturated heterocycles. The smallest absolute Gasteiger partial charge is 0.261 e. The Morgan fingerprint density at radius 3 is 1.62 bits per heavy atom. The molecule has 0 spiro atoms. The largest absolute Gasteiger partial charge is 0.416 e. The minimum atomic E-state index is -2.71. The summed E-state index contributed by atoms with van der Waals surface area (Å²) in [5.41, 5.74) is 1.23. The zero-order chi connectivity index (χ0) is 29.1. The van der Waals surface area contributed by atoms with Gasteiger partial charge in [0.05, 0.1) is 19.3 Å². The third-order valence-electron chi connectivity index (χ3n) is 8.58. The van der Waals surface area contributed by atoms with Crippen LogP contribution < -0.4 is 10.4 Å². The van der Waals surface area contributed by atoms with E-state index in [1.807, 2.05) is 0 Å². The van der Waals surface area contributed by atoms with Crippen LogP contribution in [0.5, 0.6) is 0 Å². The molecule has 1 atom stereocenters. The third-order valence-corrected chi connectivity index (χ3v) is 18.3. The van der Waals surface area contributed by atoms with Crippen LogP contribution in [-0.2, 0) is 15.4 Å². The summed E-state index contributed by atoms with van der Waals surface area (Å²) in [5, 5.41) is 13.2. The van der Waals surface area contributed by atoms with Gasteiger partial charge in [0, 0.05) is 19.7 Å². The molecular weight excluding hydrogens is 527 g/mol. The Morgan fingerprint density at radius 2 is 1.20 bits per heavy atom. The highest BCUT2D eigenvalue weighted by Crippen LogP contribution is 2.37. The standard InChI is InChI=1S/C34H51NO3Si2/c1-7-39(8-2,9-3)37-26-25-35(27-30-19-13-10-14-20-30)31(28-36)29-38-40(34(4,5)6,32-21-15-11-16-22-32)33-23-17-12-18-24-33/h10-24,31,36H,7-9,25-29H2,1-6H3/t31-/m0/s1. The van der Waals surface area contributed by atoms with E-state index in [0.717, 1.165) is 31.2 Å². The number of nitrogens with zero attached hydrogens (tertiary/aromatic N) is 1. The van der Waals surface area contributed by atoms with Crippen LogP contribution in [-0.4, -0.2) is 59.0 Å². The molecule has 0 fully saturated rings. The second kappa shape index (κ2) is 15.2. The van der Waals surface area contributed by atoms with Crippen LogP contribution in [0.3, 0.4) is 0 Å². The molecule has 0 aliphatic heterocycles. The van der Waals surface area contributed by atoms with E-state index in [4.69, 9.17) is 8.85 Å². The van der Waals surface area contributed by atoms with Crippen LogP contribution >= 0.6 is 0 Å².